The fourth-order valence-corrected chi connectivity index (χ4v) is 1.89. The lowest BCUT2D eigenvalue weighted by molar-refractivity contribution is -0.137. The van der Waals surface area contributed by atoms with Crippen LogP contribution in [0, 0.1) is 0 Å². The second-order valence-corrected chi connectivity index (χ2v) is 4.52. The van der Waals surface area contributed by atoms with E-state index in [1.165, 1.54) is 6.08 Å². The Kier molecular flexibility index (Phi) is 4.77. The molecule has 0 radical (unpaired) electrons. The molecule has 0 bridgehead atoms. The van der Waals surface area contributed by atoms with E-state index in [9.17, 15) is 4.79 Å². The van der Waals surface area contributed by atoms with E-state index in [0.29, 0.717) is 13.2 Å². The molecule has 3 nitrogen and oxygen atoms in total. The molecule has 0 atom stereocenters. The molecule has 0 N–H and O–H groups in total. The van der Waals surface area contributed by atoms with E-state index in [1.54, 1.807) is 6.92 Å². The molecular weight excluding hydrogens is 252 g/mol. The molecule has 1 aliphatic rings. The number of allylic oxidation sites excluding steroid dienone is 2. The van der Waals surface area contributed by atoms with Crippen LogP contribution in [0.15, 0.2) is 53.6 Å². The third-order valence-electron chi connectivity index (χ3n) is 2.85. The van der Waals surface area contributed by atoms with Crippen molar-refractivity contribution >= 4 is 12.0 Å². The van der Waals surface area contributed by atoms with Crippen LogP contribution in [0.4, 0.5) is 0 Å². The second-order valence-electron chi connectivity index (χ2n) is 4.52. The molecule has 104 valence electrons. The highest BCUT2D eigenvalue weighted by Crippen LogP contribution is 2.26. The van der Waals surface area contributed by atoms with Crippen molar-refractivity contribution in [2.45, 2.75) is 13.8 Å². The lowest BCUT2D eigenvalue weighted by atomic mass is 10.1. The number of rotatable bonds is 4. The number of para-hydroxylation sites is 1. The lowest BCUT2D eigenvalue weighted by Gasteiger charge is -2.15. The minimum absolute atomic E-state index is 0.311. The van der Waals surface area contributed by atoms with Crippen molar-refractivity contribution in [3.63, 3.8) is 0 Å². The highest BCUT2D eigenvalue weighted by atomic mass is 16.5. The van der Waals surface area contributed by atoms with Gasteiger partial charge in [0.15, 0.2) is 0 Å². The summed E-state index contributed by atoms with van der Waals surface area (Å²) >= 11 is 0. The molecule has 1 aromatic rings. The summed E-state index contributed by atoms with van der Waals surface area (Å²) in [4.78, 5) is 11.3. The Bertz CT molecular complexity index is 580. The van der Waals surface area contributed by atoms with E-state index in [0.717, 1.165) is 22.5 Å². The van der Waals surface area contributed by atoms with Crippen LogP contribution in [0.2, 0.25) is 0 Å². The van der Waals surface area contributed by atoms with E-state index >= 15 is 0 Å². The molecule has 0 spiro atoms. The molecule has 0 unspecified atom stereocenters. The normalized spacial score (nSPS) is 14.5. The van der Waals surface area contributed by atoms with Gasteiger partial charge in [-0.05, 0) is 37.1 Å². The predicted molar refractivity (Wildman–Crippen MR) is 79.4 cm³/mol. The Morgan fingerprint density at radius 2 is 2.20 bits per heavy atom. The zero-order valence-electron chi connectivity index (χ0n) is 11.8. The number of carbonyl (C=O) groups is 1. The van der Waals surface area contributed by atoms with E-state index in [2.05, 4.69) is 6.08 Å². The van der Waals surface area contributed by atoms with Gasteiger partial charge in [0.05, 0.1) is 6.61 Å². The third-order valence-corrected chi connectivity index (χ3v) is 2.85. The summed E-state index contributed by atoms with van der Waals surface area (Å²) in [6, 6.07) is 7.92. The average molecular weight is 270 g/mol. The van der Waals surface area contributed by atoms with Gasteiger partial charge in [-0.3, -0.25) is 0 Å². The van der Waals surface area contributed by atoms with E-state index in [4.69, 9.17) is 9.47 Å². The number of hydrogen-bond donors (Lipinski definition) is 0. The summed E-state index contributed by atoms with van der Waals surface area (Å²) in [6.45, 7) is 4.59. The van der Waals surface area contributed by atoms with Gasteiger partial charge in [-0.25, -0.2) is 4.79 Å². The van der Waals surface area contributed by atoms with Crippen LogP contribution in [0.3, 0.4) is 0 Å². The molecule has 0 saturated heterocycles. The van der Waals surface area contributed by atoms with Crippen molar-refractivity contribution < 1.29 is 14.3 Å². The Morgan fingerprint density at radius 1 is 1.40 bits per heavy atom. The Balaban J connectivity index is 2.06. The van der Waals surface area contributed by atoms with Crippen molar-refractivity contribution in [3.8, 4) is 5.75 Å². The van der Waals surface area contributed by atoms with Crippen molar-refractivity contribution in [1.29, 1.82) is 0 Å². The van der Waals surface area contributed by atoms with Crippen molar-refractivity contribution in [2.75, 3.05) is 13.2 Å². The Morgan fingerprint density at radius 3 is 3.00 bits per heavy atom. The summed E-state index contributed by atoms with van der Waals surface area (Å²) in [7, 11) is 0. The molecule has 0 saturated carbocycles. The highest BCUT2D eigenvalue weighted by molar-refractivity contribution is 5.83. The molecule has 3 heteroatoms. The molecule has 2 rings (SSSR count). The number of benzene rings is 1. The van der Waals surface area contributed by atoms with Crippen molar-refractivity contribution in [3.05, 3.63) is 59.2 Å². The van der Waals surface area contributed by atoms with Crippen LogP contribution in [-0.4, -0.2) is 19.2 Å². The zero-order valence-corrected chi connectivity index (χ0v) is 11.8. The monoisotopic (exact) mass is 270 g/mol. The standard InChI is InChI=1S/C17H18O3/c1-3-19-17(18)10-13(2)8-9-14-11-15-6-4-5-7-16(15)20-12-14/h4-11H,3,12H2,1-2H3/b9-8+,13-10-. The number of esters is 1. The molecule has 0 fully saturated rings. The molecule has 1 heterocycles. The number of fused-ring (bicyclic) bond motifs is 1. The van der Waals surface area contributed by atoms with Gasteiger partial charge < -0.3 is 9.47 Å². The SMILES string of the molecule is CCOC(=O)/C=C(C)\C=C\C1=Cc2ccccc2OC1. The molecular formula is C17H18O3. The lowest BCUT2D eigenvalue weighted by Crippen LogP contribution is -2.05. The van der Waals surface area contributed by atoms with Gasteiger partial charge in [0, 0.05) is 11.6 Å². The molecule has 0 aliphatic carbocycles. The fraction of sp³-hybridized carbons (Fsp3) is 0.235. The number of carbonyl (C=O) groups excluding carboxylic acids is 1. The van der Waals surface area contributed by atoms with Crippen LogP contribution < -0.4 is 4.74 Å². The largest absolute Gasteiger partial charge is 0.488 e. The summed E-state index contributed by atoms with van der Waals surface area (Å²) < 4.78 is 10.5. The third kappa shape index (κ3) is 3.85. The number of hydrogen-bond acceptors (Lipinski definition) is 3. The molecule has 0 aromatic heterocycles. The van der Waals surface area contributed by atoms with Gasteiger partial charge in [-0.2, -0.15) is 0 Å². The molecule has 20 heavy (non-hydrogen) atoms. The maximum Gasteiger partial charge on any atom is 0.330 e. The summed E-state index contributed by atoms with van der Waals surface area (Å²) in [5.74, 6) is 0.595. The van der Waals surface area contributed by atoms with E-state index < -0.39 is 0 Å². The van der Waals surface area contributed by atoms with E-state index in [-0.39, 0.29) is 5.97 Å². The Hall–Kier alpha value is -2.29. The first-order valence-electron chi connectivity index (χ1n) is 6.64. The smallest absolute Gasteiger partial charge is 0.330 e. The van der Waals surface area contributed by atoms with Crippen molar-refractivity contribution in [2.24, 2.45) is 0 Å². The molecule has 1 aliphatic heterocycles. The summed E-state index contributed by atoms with van der Waals surface area (Å²) in [5, 5.41) is 0. The van der Waals surface area contributed by atoms with Crippen LogP contribution in [-0.2, 0) is 9.53 Å². The first-order valence-corrected chi connectivity index (χ1v) is 6.64. The average Bonchev–Trinajstić information content (AvgIpc) is 2.45. The van der Waals surface area contributed by atoms with Gasteiger partial charge in [0.2, 0.25) is 0 Å². The van der Waals surface area contributed by atoms with E-state index in [1.807, 2.05) is 43.3 Å². The van der Waals surface area contributed by atoms with Gasteiger partial charge in [-0.1, -0.05) is 30.4 Å². The van der Waals surface area contributed by atoms with Gasteiger partial charge in [0.25, 0.3) is 0 Å². The maximum absolute atomic E-state index is 11.3. The topological polar surface area (TPSA) is 35.5 Å². The quantitative estimate of drug-likeness (QED) is 0.477. The minimum Gasteiger partial charge on any atom is -0.488 e. The van der Waals surface area contributed by atoms with Crippen LogP contribution in [0.5, 0.6) is 5.75 Å². The fourth-order valence-electron chi connectivity index (χ4n) is 1.89. The Labute approximate surface area is 119 Å². The number of ether oxygens (including phenoxy) is 2. The highest BCUT2D eigenvalue weighted by Gasteiger charge is 2.08. The molecule has 0 amide bonds. The predicted octanol–water partition coefficient (Wildman–Crippen LogP) is 3.53. The van der Waals surface area contributed by atoms with Crippen molar-refractivity contribution in [1.82, 2.24) is 0 Å². The van der Waals surface area contributed by atoms with Crippen LogP contribution in [0.25, 0.3) is 6.08 Å². The zero-order chi connectivity index (χ0) is 14.4. The van der Waals surface area contributed by atoms with Crippen LogP contribution in [0.1, 0.15) is 19.4 Å². The van der Waals surface area contributed by atoms with Gasteiger partial charge in [0.1, 0.15) is 12.4 Å². The first-order chi connectivity index (χ1) is 9.69. The van der Waals surface area contributed by atoms with Gasteiger partial charge >= 0.3 is 5.97 Å². The van der Waals surface area contributed by atoms with Gasteiger partial charge in [-0.15, -0.1) is 0 Å². The van der Waals surface area contributed by atoms with Crippen LogP contribution >= 0.6 is 0 Å². The summed E-state index contributed by atoms with van der Waals surface area (Å²) in [6.07, 6.45) is 7.42. The first kappa shape index (κ1) is 14.1. The second kappa shape index (κ2) is 6.75. The minimum atomic E-state index is -0.311. The summed E-state index contributed by atoms with van der Waals surface area (Å²) in [5.41, 5.74) is 2.99. The molecule has 1 aromatic carbocycles. The maximum atomic E-state index is 11.3.